The van der Waals surface area contributed by atoms with Gasteiger partial charge in [0.05, 0.1) is 0 Å². The van der Waals surface area contributed by atoms with E-state index in [0.717, 1.165) is 3.97 Å². The molecule has 0 spiro atoms. The number of thiophene rings is 1. The van der Waals surface area contributed by atoms with Crippen LogP contribution >= 0.6 is 11.3 Å². The van der Waals surface area contributed by atoms with Crippen LogP contribution in [-0.2, 0) is 12.5 Å². The van der Waals surface area contributed by atoms with Crippen LogP contribution in [0.25, 0.3) is 42.2 Å². The van der Waals surface area contributed by atoms with Crippen LogP contribution in [0.1, 0.15) is 45.7 Å². The molecule has 1 nitrogen and oxygen atoms in total. The standard InChI is InChI=1S/C30H32NSTe/c1-18(2)33-26-14-10-13-22-23-15-16-31(7)27(29(23)32-28(22)26)24-17-25(30(4,5)6)21-12-9-8-11-20(21)19(24)3/h8-18H,1-7H3/q+1. The number of nitrogens with zero attached hydrogens (tertiary/aromatic N) is 1. The molecule has 0 atom stereocenters. The molecular formula is C30H32NSTe+. The third-order valence-electron chi connectivity index (χ3n) is 6.49. The van der Waals surface area contributed by atoms with Crippen molar-refractivity contribution in [2.45, 2.75) is 50.9 Å². The van der Waals surface area contributed by atoms with Gasteiger partial charge in [-0.15, -0.1) is 0 Å². The summed E-state index contributed by atoms with van der Waals surface area (Å²) in [4.78, 5) is 0. The van der Waals surface area contributed by atoms with Crippen molar-refractivity contribution in [3.8, 4) is 11.3 Å². The first-order valence-corrected chi connectivity index (χ1v) is 15.0. The van der Waals surface area contributed by atoms with E-state index >= 15 is 0 Å². The summed E-state index contributed by atoms with van der Waals surface area (Å²) in [6.07, 6.45) is 2.25. The summed E-state index contributed by atoms with van der Waals surface area (Å²) in [5.74, 6) is 0. The maximum absolute atomic E-state index is 2.47. The van der Waals surface area contributed by atoms with Gasteiger partial charge < -0.3 is 0 Å². The van der Waals surface area contributed by atoms with Crippen molar-refractivity contribution < 1.29 is 4.57 Å². The topological polar surface area (TPSA) is 3.88 Å². The van der Waals surface area contributed by atoms with Gasteiger partial charge in [-0.25, -0.2) is 0 Å². The number of pyridine rings is 1. The van der Waals surface area contributed by atoms with E-state index < -0.39 is 0 Å². The van der Waals surface area contributed by atoms with Crippen LogP contribution in [0.4, 0.5) is 0 Å². The molecule has 0 aliphatic carbocycles. The van der Waals surface area contributed by atoms with Gasteiger partial charge in [-0.3, -0.25) is 0 Å². The summed E-state index contributed by atoms with van der Waals surface area (Å²) in [5.41, 5.74) is 5.57. The van der Waals surface area contributed by atoms with Crippen LogP contribution in [0.2, 0.25) is 3.97 Å². The van der Waals surface area contributed by atoms with Gasteiger partial charge in [-0.2, -0.15) is 0 Å². The van der Waals surface area contributed by atoms with Gasteiger partial charge in [0.25, 0.3) is 0 Å². The van der Waals surface area contributed by atoms with Gasteiger partial charge in [0, 0.05) is 0 Å². The fourth-order valence-corrected chi connectivity index (χ4v) is 9.42. The molecule has 3 aromatic carbocycles. The molecule has 0 aliphatic heterocycles. The van der Waals surface area contributed by atoms with Crippen LogP contribution in [0.3, 0.4) is 0 Å². The molecule has 0 fully saturated rings. The molecule has 3 heteroatoms. The van der Waals surface area contributed by atoms with Crippen molar-refractivity contribution in [1.82, 2.24) is 0 Å². The van der Waals surface area contributed by atoms with E-state index in [1.165, 1.54) is 53.3 Å². The van der Waals surface area contributed by atoms with Gasteiger partial charge >= 0.3 is 213 Å². The summed E-state index contributed by atoms with van der Waals surface area (Å²) >= 11 is 1.81. The van der Waals surface area contributed by atoms with Crippen LogP contribution in [0.5, 0.6) is 0 Å². The molecule has 33 heavy (non-hydrogen) atoms. The molecule has 5 rings (SSSR count). The maximum atomic E-state index is 2.47. The van der Waals surface area contributed by atoms with Crippen molar-refractivity contribution in [2.24, 2.45) is 7.05 Å². The van der Waals surface area contributed by atoms with Crippen LogP contribution in [-0.4, -0.2) is 20.9 Å². The number of hydrogen-bond donors (Lipinski definition) is 0. The van der Waals surface area contributed by atoms with E-state index in [2.05, 4.69) is 114 Å². The predicted octanol–water partition coefficient (Wildman–Crippen LogP) is 7.46. The molecule has 0 N–H and O–H groups in total. The molecule has 0 unspecified atom stereocenters. The number of aryl methyl sites for hydroxylation is 2. The molecule has 0 aliphatic rings. The quantitative estimate of drug-likeness (QED) is 0.158. The number of rotatable bonds is 3. The molecule has 168 valence electrons. The molecule has 2 aromatic heterocycles. The van der Waals surface area contributed by atoms with Crippen molar-refractivity contribution in [3.05, 3.63) is 71.9 Å². The Kier molecular flexibility index (Phi) is 5.81. The number of hydrogen-bond acceptors (Lipinski definition) is 1. The summed E-state index contributed by atoms with van der Waals surface area (Å²) in [6, 6.07) is 20.7. The normalized spacial score (nSPS) is 12.5. The summed E-state index contributed by atoms with van der Waals surface area (Å²) in [5, 5.41) is 5.56. The fourth-order valence-electron chi connectivity index (χ4n) is 4.92. The third-order valence-corrected chi connectivity index (χ3v) is 11.2. The molecular weight excluding hydrogens is 534 g/mol. The molecule has 5 aromatic rings. The van der Waals surface area contributed by atoms with Gasteiger partial charge in [-0.1, -0.05) is 0 Å². The van der Waals surface area contributed by atoms with Gasteiger partial charge in [0.15, 0.2) is 0 Å². The Hall–Kier alpha value is -1.92. The van der Waals surface area contributed by atoms with Gasteiger partial charge in [0.1, 0.15) is 0 Å². The molecule has 0 radical (unpaired) electrons. The minimum absolute atomic E-state index is 0.0738. The zero-order chi connectivity index (χ0) is 23.5. The molecule has 0 saturated carbocycles. The Balaban J connectivity index is 1.89. The Morgan fingerprint density at radius 3 is 2.21 bits per heavy atom. The molecule has 2 heterocycles. The van der Waals surface area contributed by atoms with E-state index in [-0.39, 0.29) is 26.3 Å². The Morgan fingerprint density at radius 2 is 1.52 bits per heavy atom. The average molecular weight is 566 g/mol. The zero-order valence-corrected chi connectivity index (χ0v) is 23.8. The summed E-state index contributed by atoms with van der Waals surface area (Å²) in [7, 11) is 2.20. The predicted molar refractivity (Wildman–Crippen MR) is 147 cm³/mol. The first-order chi connectivity index (χ1) is 15.7. The second-order valence-electron chi connectivity index (χ2n) is 10.3. The van der Waals surface area contributed by atoms with E-state index in [0.29, 0.717) is 0 Å². The van der Waals surface area contributed by atoms with E-state index in [4.69, 9.17) is 0 Å². The van der Waals surface area contributed by atoms with Crippen LogP contribution in [0, 0.1) is 6.92 Å². The fraction of sp³-hybridized carbons (Fsp3) is 0.300. The second-order valence-corrected chi connectivity index (χ2v) is 16.0. The molecule has 0 bridgehead atoms. The Labute approximate surface area is 211 Å². The van der Waals surface area contributed by atoms with Gasteiger partial charge in [-0.05, 0) is 0 Å². The average Bonchev–Trinajstić information content (AvgIpc) is 3.13. The first-order valence-electron chi connectivity index (χ1n) is 11.7. The Morgan fingerprint density at radius 1 is 0.848 bits per heavy atom. The van der Waals surface area contributed by atoms with E-state index in [9.17, 15) is 0 Å². The van der Waals surface area contributed by atoms with Crippen molar-refractivity contribution >= 4 is 66.8 Å². The minimum atomic E-state index is -0.196. The second kappa shape index (κ2) is 8.38. The summed E-state index contributed by atoms with van der Waals surface area (Å²) in [6.45, 7) is 14.0. The van der Waals surface area contributed by atoms with E-state index in [1.54, 1.807) is 3.61 Å². The van der Waals surface area contributed by atoms with Crippen molar-refractivity contribution in [3.63, 3.8) is 0 Å². The number of fused-ring (bicyclic) bond motifs is 4. The van der Waals surface area contributed by atoms with E-state index in [1.807, 2.05) is 11.3 Å². The van der Waals surface area contributed by atoms with Crippen molar-refractivity contribution in [1.29, 1.82) is 0 Å². The SMILES string of the molecule is Cc1c(-c2c3sc4c([Te]C(C)C)cccc4c3cc[n+]2C)cc(C(C)(C)C)c2ccccc12. The number of aromatic nitrogens is 1. The Bertz CT molecular complexity index is 1520. The van der Waals surface area contributed by atoms with Crippen molar-refractivity contribution in [2.75, 3.05) is 0 Å². The molecule has 0 amide bonds. The van der Waals surface area contributed by atoms with Crippen LogP contribution < -0.4 is 8.18 Å². The van der Waals surface area contributed by atoms with Gasteiger partial charge in [0.2, 0.25) is 0 Å². The number of benzene rings is 3. The first kappa shape index (κ1) is 22.9. The zero-order valence-electron chi connectivity index (χ0n) is 20.6. The monoisotopic (exact) mass is 568 g/mol. The molecule has 0 saturated heterocycles. The van der Waals surface area contributed by atoms with Crippen LogP contribution in [0.15, 0.2) is 60.8 Å². The third kappa shape index (κ3) is 3.89. The summed E-state index contributed by atoms with van der Waals surface area (Å²) < 4.78 is 7.63.